The van der Waals surface area contributed by atoms with Gasteiger partial charge in [0.05, 0.1) is 17.0 Å². The van der Waals surface area contributed by atoms with Gasteiger partial charge in [0.2, 0.25) is 10.0 Å². The van der Waals surface area contributed by atoms with Crippen LogP contribution in [0.2, 0.25) is 0 Å². The first-order chi connectivity index (χ1) is 13.7. The van der Waals surface area contributed by atoms with Gasteiger partial charge < -0.3 is 0 Å². The maximum atomic E-state index is 13.1. The lowest BCUT2D eigenvalue weighted by Crippen LogP contribution is -2.15. The summed E-state index contributed by atoms with van der Waals surface area (Å²) in [5, 5.41) is 0. The first-order valence-electron chi connectivity index (χ1n) is 9.21. The topological polar surface area (TPSA) is 37.1 Å². The van der Waals surface area contributed by atoms with Crippen LogP contribution >= 0.6 is 0 Å². The minimum Gasteiger partial charge on any atom is -0.207 e. The third-order valence-corrected chi connectivity index (χ3v) is 6.65. The van der Waals surface area contributed by atoms with E-state index in [1.54, 1.807) is 28.6 Å². The van der Waals surface area contributed by atoms with Gasteiger partial charge in [-0.25, -0.2) is 8.42 Å². The van der Waals surface area contributed by atoms with Gasteiger partial charge in [0.25, 0.3) is 0 Å². The Morgan fingerprint density at radius 1 is 0.607 bits per heavy atom. The Morgan fingerprint density at radius 2 is 1.00 bits per heavy atom. The Hall–Kier alpha value is -2.95. The molecule has 3 aromatic rings. The average molecular weight is 388 g/mol. The van der Waals surface area contributed by atoms with Crippen molar-refractivity contribution in [1.29, 1.82) is 0 Å². The van der Waals surface area contributed by atoms with E-state index in [1.807, 2.05) is 91.0 Å². The van der Waals surface area contributed by atoms with Gasteiger partial charge in [0.1, 0.15) is 0 Å². The number of rotatable bonds is 6. The van der Waals surface area contributed by atoms with Crippen molar-refractivity contribution in [2.24, 2.45) is 0 Å². The molecule has 3 aromatic carbocycles. The normalized spacial score (nSPS) is 21.9. The lowest BCUT2D eigenvalue weighted by atomic mass is 10.1. The van der Waals surface area contributed by atoms with E-state index in [9.17, 15) is 8.42 Å². The zero-order valence-electron chi connectivity index (χ0n) is 15.3. The monoisotopic (exact) mass is 387 g/mol. The highest BCUT2D eigenvalue weighted by Gasteiger charge is 2.52. The highest BCUT2D eigenvalue weighted by atomic mass is 32.2. The zero-order chi connectivity index (χ0) is 19.4. The molecule has 0 amide bonds. The molecule has 3 nitrogen and oxygen atoms in total. The van der Waals surface area contributed by atoms with Gasteiger partial charge in [-0.05, 0) is 23.3 Å². The summed E-state index contributed by atoms with van der Waals surface area (Å²) in [6, 6.07) is 28.1. The lowest BCUT2D eigenvalue weighted by Gasteiger charge is -2.05. The van der Waals surface area contributed by atoms with Crippen molar-refractivity contribution >= 4 is 22.2 Å². The molecule has 1 fully saturated rings. The van der Waals surface area contributed by atoms with Gasteiger partial charge >= 0.3 is 0 Å². The molecule has 4 heteroatoms. The van der Waals surface area contributed by atoms with Crippen LogP contribution in [0.5, 0.6) is 0 Å². The molecule has 1 saturated heterocycles. The molecular weight excluding hydrogens is 366 g/mol. The van der Waals surface area contributed by atoms with Crippen molar-refractivity contribution in [3.05, 3.63) is 114 Å². The summed E-state index contributed by atoms with van der Waals surface area (Å²) in [5.41, 5.74) is 2.11. The number of hydrogen-bond acceptors (Lipinski definition) is 2. The molecule has 3 atom stereocenters. The van der Waals surface area contributed by atoms with Crippen LogP contribution in [0, 0.1) is 0 Å². The third kappa shape index (κ3) is 3.98. The van der Waals surface area contributed by atoms with E-state index in [1.165, 1.54) is 0 Å². The quantitative estimate of drug-likeness (QED) is 0.567. The van der Waals surface area contributed by atoms with Crippen LogP contribution in [0.15, 0.2) is 108 Å². The molecule has 0 N–H and O–H groups in total. The molecule has 140 valence electrons. The van der Waals surface area contributed by atoms with Crippen molar-refractivity contribution < 1.29 is 8.42 Å². The Morgan fingerprint density at radius 3 is 1.43 bits per heavy atom. The molecule has 1 aliphatic rings. The largest absolute Gasteiger partial charge is 0.244 e. The summed E-state index contributed by atoms with van der Waals surface area (Å²) in [4.78, 5) is 0.323. The van der Waals surface area contributed by atoms with Gasteiger partial charge in [0.15, 0.2) is 0 Å². The fraction of sp³-hybridized carbons (Fsp3) is 0.0833. The van der Waals surface area contributed by atoms with Crippen molar-refractivity contribution in [2.45, 2.75) is 17.0 Å². The SMILES string of the molecule is O=S(=O)(c1ccccc1)N1[C@H](/C=C/c2ccccc2)[C@@H]1/C=C/c1ccccc1. The Labute approximate surface area is 166 Å². The van der Waals surface area contributed by atoms with E-state index >= 15 is 0 Å². The van der Waals surface area contributed by atoms with Gasteiger partial charge in [-0.3, -0.25) is 0 Å². The summed E-state index contributed by atoms with van der Waals surface area (Å²) in [6.07, 6.45) is 7.90. The van der Waals surface area contributed by atoms with E-state index in [0.717, 1.165) is 11.1 Å². The van der Waals surface area contributed by atoms with Gasteiger partial charge in [-0.1, -0.05) is 103 Å². The average Bonchev–Trinajstić information content (AvgIpc) is 3.47. The fourth-order valence-electron chi connectivity index (χ4n) is 3.23. The van der Waals surface area contributed by atoms with Crippen LogP contribution in [-0.4, -0.2) is 24.8 Å². The van der Waals surface area contributed by atoms with Crippen LogP contribution in [0.1, 0.15) is 11.1 Å². The predicted octanol–water partition coefficient (Wildman–Crippen LogP) is 4.85. The molecule has 1 heterocycles. The summed E-state index contributed by atoms with van der Waals surface area (Å²) >= 11 is 0. The lowest BCUT2D eigenvalue weighted by molar-refractivity contribution is 0.554. The molecular formula is C24H21NO2S. The van der Waals surface area contributed by atoms with Crippen molar-refractivity contribution in [2.75, 3.05) is 0 Å². The zero-order valence-corrected chi connectivity index (χ0v) is 16.1. The van der Waals surface area contributed by atoms with E-state index in [0.29, 0.717) is 4.90 Å². The second-order valence-electron chi connectivity index (χ2n) is 6.67. The van der Waals surface area contributed by atoms with Crippen LogP contribution in [0.3, 0.4) is 0 Å². The predicted molar refractivity (Wildman–Crippen MR) is 114 cm³/mol. The smallest absolute Gasteiger partial charge is 0.207 e. The molecule has 28 heavy (non-hydrogen) atoms. The maximum Gasteiger partial charge on any atom is 0.244 e. The second kappa shape index (κ2) is 7.97. The van der Waals surface area contributed by atoms with Crippen molar-refractivity contribution in [3.8, 4) is 0 Å². The Kier molecular flexibility index (Phi) is 5.24. The van der Waals surface area contributed by atoms with Crippen LogP contribution in [0.4, 0.5) is 0 Å². The third-order valence-electron chi connectivity index (χ3n) is 4.74. The summed E-state index contributed by atoms with van der Waals surface area (Å²) in [7, 11) is -3.54. The molecule has 0 saturated carbocycles. The first-order valence-corrected chi connectivity index (χ1v) is 10.7. The summed E-state index contributed by atoms with van der Waals surface area (Å²) in [6.45, 7) is 0. The molecule has 0 aliphatic carbocycles. The molecule has 0 bridgehead atoms. The second-order valence-corrected chi connectivity index (χ2v) is 8.51. The maximum absolute atomic E-state index is 13.1. The van der Waals surface area contributed by atoms with Gasteiger partial charge in [-0.15, -0.1) is 0 Å². The highest BCUT2D eigenvalue weighted by Crippen LogP contribution is 2.38. The van der Waals surface area contributed by atoms with Crippen molar-refractivity contribution in [3.63, 3.8) is 0 Å². The van der Waals surface area contributed by atoms with Crippen LogP contribution in [-0.2, 0) is 10.0 Å². The number of benzene rings is 3. The van der Waals surface area contributed by atoms with E-state index in [2.05, 4.69) is 0 Å². The Balaban J connectivity index is 1.61. The first kappa shape index (κ1) is 18.4. The van der Waals surface area contributed by atoms with Gasteiger partial charge in [0, 0.05) is 0 Å². The fourth-order valence-corrected chi connectivity index (χ4v) is 4.95. The molecule has 4 rings (SSSR count). The van der Waals surface area contributed by atoms with Gasteiger partial charge in [-0.2, -0.15) is 4.31 Å². The molecule has 1 aliphatic heterocycles. The number of sulfonamides is 1. The van der Waals surface area contributed by atoms with Crippen LogP contribution < -0.4 is 0 Å². The summed E-state index contributed by atoms with van der Waals surface area (Å²) < 4.78 is 27.7. The standard InChI is InChI=1S/C24H21NO2S/c26-28(27,22-14-8-3-9-15-22)25-23(18-16-20-10-4-1-5-11-20)24(25)19-17-21-12-6-2-7-13-21/h1-19,23-24H/b18-16+,19-17+/t23-,24+,25?. The van der Waals surface area contributed by atoms with E-state index in [4.69, 9.17) is 0 Å². The van der Waals surface area contributed by atoms with E-state index < -0.39 is 10.0 Å². The molecule has 0 spiro atoms. The number of hydrogen-bond donors (Lipinski definition) is 0. The van der Waals surface area contributed by atoms with Crippen LogP contribution in [0.25, 0.3) is 12.2 Å². The molecule has 0 radical (unpaired) electrons. The highest BCUT2D eigenvalue weighted by molar-refractivity contribution is 7.89. The molecule has 1 unspecified atom stereocenters. The molecule has 0 aromatic heterocycles. The Bertz CT molecular complexity index is 1020. The van der Waals surface area contributed by atoms with E-state index in [-0.39, 0.29) is 12.1 Å². The minimum absolute atomic E-state index is 0.189. The minimum atomic E-state index is -3.54. The number of nitrogens with zero attached hydrogens (tertiary/aromatic N) is 1. The van der Waals surface area contributed by atoms with Crippen molar-refractivity contribution in [1.82, 2.24) is 4.31 Å². The summed E-state index contributed by atoms with van der Waals surface area (Å²) in [5.74, 6) is 0.